The molecule has 4 fully saturated rings. The molecule has 2 unspecified atom stereocenters. The monoisotopic (exact) mass is 404 g/mol. The number of amides is 3. The Kier molecular flexibility index (Phi) is 4.21. The summed E-state index contributed by atoms with van der Waals surface area (Å²) in [4.78, 5) is 38.3. The quantitative estimate of drug-likeness (QED) is 0.759. The Morgan fingerprint density at radius 3 is 2.76 bits per heavy atom. The van der Waals surface area contributed by atoms with Crippen molar-refractivity contribution in [2.75, 3.05) is 36.0 Å². The van der Waals surface area contributed by atoms with E-state index in [0.717, 1.165) is 12.8 Å². The zero-order valence-corrected chi connectivity index (χ0v) is 15.6. The van der Waals surface area contributed by atoms with E-state index in [0.29, 0.717) is 24.5 Å². The normalized spacial score (nSPS) is 28.1. The van der Waals surface area contributed by atoms with Gasteiger partial charge in [-0.25, -0.2) is 14.0 Å². The van der Waals surface area contributed by atoms with E-state index in [1.807, 2.05) is 4.90 Å². The van der Waals surface area contributed by atoms with Gasteiger partial charge in [-0.05, 0) is 31.0 Å². The summed E-state index contributed by atoms with van der Waals surface area (Å²) in [5, 5.41) is 5.50. The third-order valence-electron chi connectivity index (χ3n) is 5.74. The molecule has 5 rings (SSSR count). The maximum absolute atomic E-state index is 14.8. The number of ether oxygens (including phenoxy) is 2. The highest BCUT2D eigenvalue weighted by molar-refractivity contribution is 5.90. The average Bonchev–Trinajstić information content (AvgIpc) is 3.25. The Morgan fingerprint density at radius 1 is 1.21 bits per heavy atom. The number of nitrogens with one attached hydrogen (secondary N) is 2. The van der Waals surface area contributed by atoms with Crippen LogP contribution in [0.25, 0.3) is 0 Å². The van der Waals surface area contributed by atoms with Crippen molar-refractivity contribution < 1.29 is 28.2 Å². The van der Waals surface area contributed by atoms with Crippen LogP contribution in [-0.4, -0.2) is 62.5 Å². The highest BCUT2D eigenvalue weighted by Gasteiger charge is 2.42. The Bertz CT molecular complexity index is 860. The van der Waals surface area contributed by atoms with Crippen molar-refractivity contribution in [1.29, 1.82) is 0 Å². The van der Waals surface area contributed by atoms with Gasteiger partial charge in [-0.15, -0.1) is 0 Å². The molecule has 2 N–H and O–H groups in total. The van der Waals surface area contributed by atoms with E-state index in [-0.39, 0.29) is 37.1 Å². The van der Waals surface area contributed by atoms with E-state index in [4.69, 9.17) is 9.47 Å². The third kappa shape index (κ3) is 3.43. The molecule has 154 valence electrons. The van der Waals surface area contributed by atoms with Crippen LogP contribution in [0.2, 0.25) is 0 Å². The number of halogens is 1. The van der Waals surface area contributed by atoms with Crippen LogP contribution in [0.1, 0.15) is 12.8 Å². The van der Waals surface area contributed by atoms with Crippen LogP contribution in [-0.2, 0) is 14.3 Å². The summed E-state index contributed by atoms with van der Waals surface area (Å²) in [6.45, 7) is 1.37. The van der Waals surface area contributed by atoms with Crippen LogP contribution in [0.3, 0.4) is 0 Å². The number of rotatable bonds is 5. The van der Waals surface area contributed by atoms with Crippen LogP contribution < -0.4 is 20.4 Å². The first kappa shape index (κ1) is 18.0. The molecular formula is C19H21FN4O5. The number of hydrogen-bond acceptors (Lipinski definition) is 6. The summed E-state index contributed by atoms with van der Waals surface area (Å²) in [7, 11) is 0. The minimum atomic E-state index is -0.561. The first-order valence-corrected chi connectivity index (χ1v) is 9.75. The Labute approximate surface area is 166 Å². The maximum atomic E-state index is 14.8. The lowest BCUT2D eigenvalue weighted by atomic mass is 10.2. The minimum Gasteiger partial charge on any atom is -0.442 e. The van der Waals surface area contributed by atoms with Gasteiger partial charge in [0.2, 0.25) is 5.91 Å². The number of anilines is 2. The molecule has 3 heterocycles. The van der Waals surface area contributed by atoms with Crippen molar-refractivity contribution in [3.8, 4) is 0 Å². The molecule has 10 heteroatoms. The Balaban J connectivity index is 1.22. The largest absolute Gasteiger partial charge is 0.442 e. The van der Waals surface area contributed by atoms with Crippen LogP contribution in [0.15, 0.2) is 18.2 Å². The van der Waals surface area contributed by atoms with Crippen molar-refractivity contribution in [2.24, 2.45) is 5.92 Å². The molecule has 0 aromatic heterocycles. The molecule has 3 saturated heterocycles. The van der Waals surface area contributed by atoms with Gasteiger partial charge in [-0.3, -0.25) is 9.69 Å². The first-order chi connectivity index (χ1) is 14.0. The molecular weight excluding hydrogens is 383 g/mol. The average molecular weight is 404 g/mol. The van der Waals surface area contributed by atoms with E-state index in [2.05, 4.69) is 10.6 Å². The molecule has 3 aliphatic heterocycles. The van der Waals surface area contributed by atoms with Gasteiger partial charge in [-0.2, -0.15) is 0 Å². The zero-order valence-electron chi connectivity index (χ0n) is 15.6. The number of benzene rings is 1. The van der Waals surface area contributed by atoms with Crippen molar-refractivity contribution in [3.05, 3.63) is 24.0 Å². The molecule has 3 amide bonds. The summed E-state index contributed by atoms with van der Waals surface area (Å²) >= 11 is 0. The van der Waals surface area contributed by atoms with Crippen molar-refractivity contribution in [1.82, 2.24) is 10.6 Å². The molecule has 3 atom stereocenters. The zero-order chi connectivity index (χ0) is 20.1. The van der Waals surface area contributed by atoms with Crippen molar-refractivity contribution in [2.45, 2.75) is 31.1 Å². The van der Waals surface area contributed by atoms with E-state index < -0.39 is 24.1 Å². The molecule has 9 nitrogen and oxygen atoms in total. The number of nitrogens with zero attached hydrogens (tertiary/aromatic N) is 2. The van der Waals surface area contributed by atoms with E-state index >= 15 is 0 Å². The fourth-order valence-corrected chi connectivity index (χ4v) is 4.01. The van der Waals surface area contributed by atoms with Crippen molar-refractivity contribution in [3.63, 3.8) is 0 Å². The Hall–Kier alpha value is -3.04. The number of hydrogen-bond donors (Lipinski definition) is 2. The van der Waals surface area contributed by atoms with E-state index in [9.17, 15) is 18.8 Å². The molecule has 4 aliphatic rings. The molecule has 29 heavy (non-hydrogen) atoms. The second-order valence-electron chi connectivity index (χ2n) is 7.87. The highest BCUT2D eigenvalue weighted by Crippen LogP contribution is 2.32. The standard InChI is InChI=1S/C19H21FN4O5/c20-13-5-11(3-4-15(13)23-8-14-16(9-23)29-18(26)22-14)24-7-12(28-19(24)27)6-21-17(25)10-1-2-10/h3-5,10,12,14,16H,1-2,6-9H2,(H,21,25)(H,22,26)/t12-,14?,16?/m0/s1. The fourth-order valence-electron chi connectivity index (χ4n) is 4.01. The van der Waals surface area contributed by atoms with Crippen LogP contribution in [0.5, 0.6) is 0 Å². The lowest BCUT2D eigenvalue weighted by molar-refractivity contribution is -0.122. The molecule has 1 aromatic rings. The summed E-state index contributed by atoms with van der Waals surface area (Å²) in [6.07, 6.45) is 0.0599. The maximum Gasteiger partial charge on any atom is 0.414 e. The van der Waals surface area contributed by atoms with Gasteiger partial charge < -0.3 is 25.0 Å². The van der Waals surface area contributed by atoms with E-state index in [1.54, 1.807) is 12.1 Å². The van der Waals surface area contributed by atoms with Gasteiger partial charge in [0.15, 0.2) is 0 Å². The SMILES string of the molecule is O=C1NC2CN(c3ccc(N4C[C@H](CNC(=O)C5CC5)OC4=O)cc3F)CC2O1. The highest BCUT2D eigenvalue weighted by atomic mass is 19.1. The molecule has 0 radical (unpaired) electrons. The molecule has 1 aromatic carbocycles. The van der Waals surface area contributed by atoms with Gasteiger partial charge in [0.05, 0.1) is 37.1 Å². The van der Waals surface area contributed by atoms with Crippen LogP contribution in [0, 0.1) is 11.7 Å². The smallest absolute Gasteiger partial charge is 0.414 e. The second-order valence-corrected chi connectivity index (χ2v) is 7.87. The lowest BCUT2D eigenvalue weighted by Crippen LogP contribution is -2.35. The predicted molar refractivity (Wildman–Crippen MR) is 99.2 cm³/mol. The number of alkyl carbamates (subject to hydrolysis) is 1. The molecule has 1 aliphatic carbocycles. The summed E-state index contributed by atoms with van der Waals surface area (Å²) in [5.41, 5.74) is 0.790. The number of cyclic esters (lactones) is 1. The summed E-state index contributed by atoms with van der Waals surface area (Å²) in [5.74, 6) is -0.383. The second kappa shape index (κ2) is 6.78. The van der Waals surface area contributed by atoms with Crippen LogP contribution in [0.4, 0.5) is 25.4 Å². The predicted octanol–water partition coefficient (Wildman–Crippen LogP) is 0.974. The summed E-state index contributed by atoms with van der Waals surface area (Å²) < 4.78 is 25.2. The van der Waals surface area contributed by atoms with Gasteiger partial charge in [-0.1, -0.05) is 0 Å². The number of carbonyl (C=O) groups excluding carboxylic acids is 3. The first-order valence-electron chi connectivity index (χ1n) is 9.75. The Morgan fingerprint density at radius 2 is 2.03 bits per heavy atom. The minimum absolute atomic E-state index is 0.00885. The van der Waals surface area contributed by atoms with Crippen molar-refractivity contribution >= 4 is 29.5 Å². The fraction of sp³-hybridized carbons (Fsp3) is 0.526. The van der Waals surface area contributed by atoms with Gasteiger partial charge in [0.25, 0.3) is 0 Å². The molecule has 0 bridgehead atoms. The van der Waals surface area contributed by atoms with E-state index in [1.165, 1.54) is 11.0 Å². The van der Waals surface area contributed by atoms with Gasteiger partial charge >= 0.3 is 12.2 Å². The van der Waals surface area contributed by atoms with Crippen LogP contribution >= 0.6 is 0 Å². The summed E-state index contributed by atoms with van der Waals surface area (Å²) in [6, 6.07) is 4.43. The molecule has 1 saturated carbocycles. The molecule has 0 spiro atoms. The van der Waals surface area contributed by atoms with Gasteiger partial charge in [0.1, 0.15) is 18.0 Å². The number of carbonyl (C=O) groups is 3. The topological polar surface area (TPSA) is 100 Å². The lowest BCUT2D eigenvalue weighted by Gasteiger charge is -2.21. The third-order valence-corrected chi connectivity index (χ3v) is 5.74. The van der Waals surface area contributed by atoms with Gasteiger partial charge in [0, 0.05) is 12.5 Å². The number of fused-ring (bicyclic) bond motifs is 1.